The third kappa shape index (κ3) is 3.20. The Balaban J connectivity index is 2.17. The molecular formula is C19H29NO3. The van der Waals surface area contributed by atoms with Crippen LogP contribution in [0.1, 0.15) is 54.8 Å². The van der Waals surface area contributed by atoms with E-state index in [2.05, 4.69) is 0 Å². The second-order valence-corrected chi connectivity index (χ2v) is 6.55. The van der Waals surface area contributed by atoms with Crippen LogP contribution in [0.3, 0.4) is 0 Å². The highest BCUT2D eigenvalue weighted by molar-refractivity contribution is 5.49. The van der Waals surface area contributed by atoms with E-state index >= 15 is 0 Å². The van der Waals surface area contributed by atoms with Gasteiger partial charge in [-0.25, -0.2) is 0 Å². The van der Waals surface area contributed by atoms with Gasteiger partial charge < -0.3 is 14.6 Å². The van der Waals surface area contributed by atoms with Crippen LogP contribution >= 0.6 is 0 Å². The molecular weight excluding hydrogens is 290 g/mol. The molecule has 2 aliphatic rings. The highest BCUT2D eigenvalue weighted by Crippen LogP contribution is 2.43. The van der Waals surface area contributed by atoms with Crippen molar-refractivity contribution in [2.75, 3.05) is 27.2 Å². The number of hydrogen-bond acceptors (Lipinski definition) is 4. The lowest BCUT2D eigenvalue weighted by Gasteiger charge is -2.46. The normalized spacial score (nSPS) is 38.5. The van der Waals surface area contributed by atoms with Crippen molar-refractivity contribution in [2.45, 2.75) is 45.3 Å². The molecule has 4 nitrogen and oxygen atoms in total. The van der Waals surface area contributed by atoms with E-state index in [-0.39, 0.29) is 55.1 Å². The highest BCUT2D eigenvalue weighted by atomic mass is 16.5. The fraction of sp³-hybridized carbons (Fsp3) is 0.684. The van der Waals surface area contributed by atoms with Gasteiger partial charge in [-0.05, 0) is 54.3 Å². The van der Waals surface area contributed by atoms with Crippen molar-refractivity contribution >= 4 is 0 Å². The minimum atomic E-state index is -2.87. The van der Waals surface area contributed by atoms with Crippen molar-refractivity contribution in [2.24, 2.45) is 11.8 Å². The summed E-state index contributed by atoms with van der Waals surface area (Å²) in [6.07, 6.45) is -0.924. The maximum Gasteiger partial charge on any atom is 0.161 e. The van der Waals surface area contributed by atoms with Gasteiger partial charge in [0.05, 0.1) is 27.1 Å². The number of aliphatic hydroxyl groups is 1. The summed E-state index contributed by atoms with van der Waals surface area (Å²) in [4.78, 5) is 1.47. The summed E-state index contributed by atoms with van der Waals surface area (Å²) in [6, 6.07) is -1.19. The second-order valence-electron chi connectivity index (χ2n) is 6.55. The zero-order chi connectivity index (χ0) is 23.5. The number of hydrogen-bond donors (Lipinski definition) is 1. The van der Waals surface area contributed by atoms with E-state index in [0.717, 1.165) is 0 Å². The van der Waals surface area contributed by atoms with Gasteiger partial charge in [0.1, 0.15) is 0 Å². The quantitative estimate of drug-likeness (QED) is 0.923. The number of nitrogens with zero attached hydrogens (tertiary/aromatic N) is 1. The highest BCUT2D eigenvalue weighted by Gasteiger charge is 2.38. The third-order valence-corrected chi connectivity index (χ3v) is 4.43. The molecule has 1 aromatic rings. The van der Waals surface area contributed by atoms with Crippen LogP contribution in [0.15, 0.2) is 12.1 Å². The van der Waals surface area contributed by atoms with Crippen molar-refractivity contribution in [3.63, 3.8) is 0 Å². The van der Waals surface area contributed by atoms with Crippen LogP contribution in [0.2, 0.25) is 0 Å². The molecule has 1 N–H and O–H groups in total. The third-order valence-electron chi connectivity index (χ3n) is 4.43. The molecule has 1 aromatic carbocycles. The van der Waals surface area contributed by atoms with Gasteiger partial charge in [-0.2, -0.15) is 0 Å². The van der Waals surface area contributed by atoms with Crippen LogP contribution in [0.25, 0.3) is 0 Å². The summed E-state index contributed by atoms with van der Waals surface area (Å²) in [5.41, 5.74) is 0.705. The average Bonchev–Trinajstić information content (AvgIpc) is 2.62. The topological polar surface area (TPSA) is 41.9 Å². The lowest BCUT2D eigenvalue weighted by molar-refractivity contribution is -0.0191. The van der Waals surface area contributed by atoms with E-state index in [0.29, 0.717) is 5.56 Å². The van der Waals surface area contributed by atoms with E-state index in [4.69, 9.17) is 20.4 Å². The summed E-state index contributed by atoms with van der Waals surface area (Å²) in [5, 5.41) is 10.9. The molecule has 0 amide bonds. The first-order valence-corrected chi connectivity index (χ1v) is 7.99. The van der Waals surface area contributed by atoms with E-state index in [1.807, 2.05) is 13.8 Å². The minimum absolute atomic E-state index is 0.00636. The molecule has 0 saturated carbocycles. The van der Waals surface area contributed by atoms with E-state index in [9.17, 15) is 5.11 Å². The van der Waals surface area contributed by atoms with Gasteiger partial charge in [0.15, 0.2) is 11.5 Å². The summed E-state index contributed by atoms with van der Waals surface area (Å²) in [5.74, 6) is -2.31. The van der Waals surface area contributed by atoms with Crippen molar-refractivity contribution in [3.05, 3.63) is 23.2 Å². The number of aliphatic hydroxyl groups excluding tert-OH is 1. The number of piperidine rings is 1. The van der Waals surface area contributed by atoms with Crippen molar-refractivity contribution < 1.29 is 25.5 Å². The van der Waals surface area contributed by atoms with Crippen LogP contribution < -0.4 is 9.47 Å². The van der Waals surface area contributed by atoms with E-state index < -0.39 is 37.3 Å². The number of rotatable bonds is 4. The van der Waals surface area contributed by atoms with Crippen LogP contribution in [-0.4, -0.2) is 43.3 Å². The maximum absolute atomic E-state index is 10.9. The molecule has 0 aliphatic carbocycles. The molecule has 4 heteroatoms. The first kappa shape index (κ1) is 9.28. The van der Waals surface area contributed by atoms with Gasteiger partial charge in [-0.3, -0.25) is 4.90 Å². The van der Waals surface area contributed by atoms with Crippen molar-refractivity contribution in [1.82, 2.24) is 4.90 Å². The molecule has 0 radical (unpaired) electrons. The van der Waals surface area contributed by atoms with Gasteiger partial charge in [-0.1, -0.05) is 13.8 Å². The maximum atomic E-state index is 10.9. The van der Waals surface area contributed by atoms with Crippen molar-refractivity contribution in [3.8, 4) is 11.5 Å². The Morgan fingerprint density at radius 1 is 1.48 bits per heavy atom. The molecule has 3 atom stereocenters. The fourth-order valence-corrected chi connectivity index (χ4v) is 3.37. The molecule has 1 saturated heterocycles. The molecule has 128 valence electrons. The number of fused-ring (bicyclic) bond motifs is 3. The minimum Gasteiger partial charge on any atom is -0.493 e. The molecule has 23 heavy (non-hydrogen) atoms. The smallest absolute Gasteiger partial charge is 0.161 e. The molecule has 1 fully saturated rings. The second kappa shape index (κ2) is 6.70. The molecule has 3 unspecified atom stereocenters. The first-order chi connectivity index (χ1) is 14.2. The van der Waals surface area contributed by atoms with Crippen LogP contribution in [0.5, 0.6) is 11.5 Å². The Labute approximate surface area is 150 Å². The monoisotopic (exact) mass is 327 g/mol. The van der Waals surface area contributed by atoms with Gasteiger partial charge in [0, 0.05) is 23.2 Å². The van der Waals surface area contributed by atoms with Crippen LogP contribution in [0.4, 0.5) is 0 Å². The Kier molecular flexibility index (Phi) is 2.70. The standard InChI is InChI=1S/C19H29NO3/c1-12(2)7-14-11-20-6-5-13-8-18(22-3)19(23-4)9-15(13)16(20)10-17(14)21/h8-9,12,14,16-17,21H,5-7,10-11H2,1-4H3/i4D3,8D,9D,11D2,14D. The molecule has 3 rings (SSSR count). The zero-order valence-corrected chi connectivity index (χ0v) is 13.8. The largest absolute Gasteiger partial charge is 0.493 e. The SMILES string of the molecule is [2H]c1c2c(c([2H])c(OC([2H])([2H])[2H])c1OC)C1CC(O)C([2H])(CC(C)C)C([2H])([2H])N1CC2. The zero-order valence-electron chi connectivity index (χ0n) is 21.8. The molecule has 0 bridgehead atoms. The lowest BCUT2D eigenvalue weighted by atomic mass is 9.79. The Hall–Kier alpha value is -1.26. The van der Waals surface area contributed by atoms with Crippen LogP contribution in [0, 0.1) is 11.8 Å². The van der Waals surface area contributed by atoms with Gasteiger partial charge >= 0.3 is 0 Å². The Bertz CT molecular complexity index is 860. The molecule has 2 heterocycles. The number of methoxy groups -OCH3 is 2. The summed E-state index contributed by atoms with van der Waals surface area (Å²) >= 11 is 0. The Morgan fingerprint density at radius 3 is 2.96 bits per heavy atom. The predicted molar refractivity (Wildman–Crippen MR) is 91.1 cm³/mol. The van der Waals surface area contributed by atoms with E-state index in [1.165, 1.54) is 12.0 Å². The molecule has 0 spiro atoms. The summed E-state index contributed by atoms with van der Waals surface area (Å²) in [6.45, 7) is 1.74. The van der Waals surface area contributed by atoms with Gasteiger partial charge in [0.2, 0.25) is 0 Å². The average molecular weight is 327 g/mol. The predicted octanol–water partition coefficient (Wildman–Crippen LogP) is 3.03. The van der Waals surface area contributed by atoms with E-state index in [1.54, 1.807) is 0 Å². The number of ether oxygens (including phenoxy) is 2. The Morgan fingerprint density at radius 2 is 2.26 bits per heavy atom. The fourth-order valence-electron chi connectivity index (χ4n) is 3.37. The van der Waals surface area contributed by atoms with Gasteiger partial charge in [-0.15, -0.1) is 0 Å². The molecule has 2 aliphatic heterocycles. The number of benzene rings is 1. The first-order valence-electron chi connectivity index (χ1n) is 12.0. The van der Waals surface area contributed by atoms with Crippen molar-refractivity contribution in [1.29, 1.82) is 0 Å². The molecule has 0 aromatic heterocycles. The summed E-state index contributed by atoms with van der Waals surface area (Å²) < 4.78 is 76.0. The summed E-state index contributed by atoms with van der Waals surface area (Å²) in [7, 11) is -1.60. The lowest BCUT2D eigenvalue weighted by Crippen LogP contribution is -2.48. The van der Waals surface area contributed by atoms with Gasteiger partial charge in [0.25, 0.3) is 0 Å². The van der Waals surface area contributed by atoms with Crippen LogP contribution in [-0.2, 0) is 6.42 Å².